The Balaban J connectivity index is 2.21. The minimum atomic E-state index is -0.306. The molecule has 0 heterocycles. The van der Waals surface area contributed by atoms with Crippen molar-refractivity contribution in [1.82, 2.24) is 0 Å². The van der Waals surface area contributed by atoms with E-state index in [1.807, 2.05) is 26.8 Å². The Morgan fingerprint density at radius 1 is 1.10 bits per heavy atom. The van der Waals surface area contributed by atoms with Gasteiger partial charge < -0.3 is 4.74 Å². The SMILES string of the molecule is CCCC(OCCCc1ccccc1)OOC(C)(C)C. The molecule has 1 rings (SSSR count). The third kappa shape index (κ3) is 8.31. The second-order valence-corrected chi connectivity index (χ2v) is 5.97. The van der Waals surface area contributed by atoms with Gasteiger partial charge in [-0.25, -0.2) is 9.78 Å². The molecule has 0 radical (unpaired) electrons. The van der Waals surface area contributed by atoms with Crippen molar-refractivity contribution >= 4 is 0 Å². The van der Waals surface area contributed by atoms with Crippen molar-refractivity contribution < 1.29 is 14.5 Å². The van der Waals surface area contributed by atoms with Gasteiger partial charge in [0.2, 0.25) is 0 Å². The van der Waals surface area contributed by atoms with Crippen molar-refractivity contribution in [2.45, 2.75) is 65.3 Å². The standard InChI is InChI=1S/C17H28O3/c1-5-10-16(19-20-17(2,3)4)18-14-9-13-15-11-7-6-8-12-15/h6-8,11-12,16H,5,9-10,13-14H2,1-4H3. The second-order valence-electron chi connectivity index (χ2n) is 5.97. The molecule has 20 heavy (non-hydrogen) atoms. The van der Waals surface area contributed by atoms with Gasteiger partial charge in [-0.2, -0.15) is 0 Å². The highest BCUT2D eigenvalue weighted by Crippen LogP contribution is 2.13. The van der Waals surface area contributed by atoms with Crippen molar-refractivity contribution in [1.29, 1.82) is 0 Å². The van der Waals surface area contributed by atoms with E-state index in [1.165, 1.54) is 5.56 Å². The van der Waals surface area contributed by atoms with Gasteiger partial charge in [0, 0.05) is 6.42 Å². The first-order chi connectivity index (χ1) is 9.51. The van der Waals surface area contributed by atoms with Gasteiger partial charge in [0.15, 0.2) is 6.29 Å². The van der Waals surface area contributed by atoms with E-state index >= 15 is 0 Å². The summed E-state index contributed by atoms with van der Waals surface area (Å²) in [6.07, 6.45) is 3.61. The first-order valence-corrected chi connectivity index (χ1v) is 7.51. The lowest BCUT2D eigenvalue weighted by molar-refractivity contribution is -0.417. The van der Waals surface area contributed by atoms with Crippen LogP contribution in [0.15, 0.2) is 30.3 Å². The molecule has 114 valence electrons. The normalized spacial score (nSPS) is 13.4. The molecule has 1 aromatic rings. The molecule has 0 bridgehead atoms. The van der Waals surface area contributed by atoms with Crippen LogP contribution in [0.1, 0.15) is 52.5 Å². The summed E-state index contributed by atoms with van der Waals surface area (Å²) in [6.45, 7) is 8.69. The average molecular weight is 280 g/mol. The molecule has 0 N–H and O–H groups in total. The molecule has 0 aliphatic heterocycles. The van der Waals surface area contributed by atoms with Crippen LogP contribution in [-0.4, -0.2) is 18.5 Å². The van der Waals surface area contributed by atoms with Crippen LogP contribution in [0.2, 0.25) is 0 Å². The Kier molecular flexibility index (Phi) is 7.82. The van der Waals surface area contributed by atoms with Crippen LogP contribution >= 0.6 is 0 Å². The quantitative estimate of drug-likeness (QED) is 0.288. The van der Waals surface area contributed by atoms with Gasteiger partial charge in [0.05, 0.1) is 12.2 Å². The summed E-state index contributed by atoms with van der Waals surface area (Å²) in [4.78, 5) is 10.7. The van der Waals surface area contributed by atoms with E-state index in [1.54, 1.807) is 0 Å². The lowest BCUT2D eigenvalue weighted by Crippen LogP contribution is -2.26. The molecule has 1 aromatic carbocycles. The molecule has 0 aliphatic carbocycles. The summed E-state index contributed by atoms with van der Waals surface area (Å²) >= 11 is 0. The van der Waals surface area contributed by atoms with Crippen LogP contribution in [0.25, 0.3) is 0 Å². The van der Waals surface area contributed by atoms with E-state index in [0.717, 1.165) is 25.7 Å². The number of hydrogen-bond donors (Lipinski definition) is 0. The summed E-state index contributed by atoms with van der Waals surface area (Å²) < 4.78 is 5.75. The highest BCUT2D eigenvalue weighted by Gasteiger charge is 2.16. The van der Waals surface area contributed by atoms with Crippen LogP contribution in [0.4, 0.5) is 0 Å². The Morgan fingerprint density at radius 2 is 1.80 bits per heavy atom. The number of rotatable bonds is 9. The Labute approximate surface area is 123 Å². The first kappa shape index (κ1) is 17.2. The molecule has 0 aliphatic rings. The molecule has 0 spiro atoms. The third-order valence-electron chi connectivity index (χ3n) is 2.69. The minimum absolute atomic E-state index is 0.269. The van der Waals surface area contributed by atoms with Gasteiger partial charge in [-0.1, -0.05) is 43.7 Å². The van der Waals surface area contributed by atoms with Crippen molar-refractivity contribution in [3.05, 3.63) is 35.9 Å². The summed E-state index contributed by atoms with van der Waals surface area (Å²) in [5.41, 5.74) is 1.04. The van der Waals surface area contributed by atoms with Gasteiger partial charge in [-0.3, -0.25) is 0 Å². The highest BCUT2D eigenvalue weighted by atomic mass is 17.2. The van der Waals surface area contributed by atoms with Crippen molar-refractivity contribution in [2.24, 2.45) is 0 Å². The van der Waals surface area contributed by atoms with Gasteiger partial charge in [0.25, 0.3) is 0 Å². The van der Waals surface area contributed by atoms with E-state index in [9.17, 15) is 0 Å². The molecule has 1 unspecified atom stereocenters. The summed E-state index contributed by atoms with van der Waals surface area (Å²) in [6, 6.07) is 10.5. The predicted octanol–water partition coefficient (Wildman–Crippen LogP) is 4.51. The van der Waals surface area contributed by atoms with Gasteiger partial charge in [0.1, 0.15) is 0 Å². The topological polar surface area (TPSA) is 27.7 Å². The summed E-state index contributed by atoms with van der Waals surface area (Å²) in [5, 5.41) is 0. The van der Waals surface area contributed by atoms with Crippen LogP contribution in [0.5, 0.6) is 0 Å². The first-order valence-electron chi connectivity index (χ1n) is 7.51. The zero-order chi connectivity index (χ0) is 14.8. The van der Waals surface area contributed by atoms with Gasteiger partial charge in [-0.15, -0.1) is 0 Å². The molecule has 0 saturated carbocycles. The molecule has 3 nitrogen and oxygen atoms in total. The molecular formula is C17H28O3. The fourth-order valence-electron chi connectivity index (χ4n) is 1.73. The van der Waals surface area contributed by atoms with Crippen LogP contribution < -0.4 is 0 Å². The van der Waals surface area contributed by atoms with E-state index in [0.29, 0.717) is 6.61 Å². The zero-order valence-electron chi connectivity index (χ0n) is 13.2. The average Bonchev–Trinajstić information content (AvgIpc) is 2.41. The molecule has 0 saturated heterocycles. The molecular weight excluding hydrogens is 252 g/mol. The lowest BCUT2D eigenvalue weighted by Gasteiger charge is -2.23. The van der Waals surface area contributed by atoms with E-state index in [-0.39, 0.29) is 11.9 Å². The largest absolute Gasteiger partial charge is 0.350 e. The smallest absolute Gasteiger partial charge is 0.191 e. The molecule has 0 aromatic heterocycles. The Bertz CT molecular complexity index is 343. The third-order valence-corrected chi connectivity index (χ3v) is 2.69. The van der Waals surface area contributed by atoms with Gasteiger partial charge in [-0.05, 0) is 39.2 Å². The Hall–Kier alpha value is -0.900. The number of benzene rings is 1. The molecule has 1 atom stereocenters. The maximum Gasteiger partial charge on any atom is 0.191 e. The number of hydrogen-bond acceptors (Lipinski definition) is 3. The van der Waals surface area contributed by atoms with Crippen molar-refractivity contribution in [3.63, 3.8) is 0 Å². The lowest BCUT2D eigenvalue weighted by atomic mass is 10.1. The predicted molar refractivity (Wildman–Crippen MR) is 81.3 cm³/mol. The molecule has 0 amide bonds. The monoisotopic (exact) mass is 280 g/mol. The maximum atomic E-state index is 5.75. The summed E-state index contributed by atoms with van der Waals surface area (Å²) in [7, 11) is 0. The summed E-state index contributed by atoms with van der Waals surface area (Å²) in [5.74, 6) is 0. The van der Waals surface area contributed by atoms with E-state index in [4.69, 9.17) is 14.5 Å². The molecule has 0 fully saturated rings. The van der Waals surface area contributed by atoms with Crippen LogP contribution in [0, 0.1) is 0 Å². The van der Waals surface area contributed by atoms with E-state index < -0.39 is 0 Å². The number of ether oxygens (including phenoxy) is 1. The van der Waals surface area contributed by atoms with Crippen LogP contribution in [0.3, 0.4) is 0 Å². The van der Waals surface area contributed by atoms with E-state index in [2.05, 4.69) is 31.2 Å². The number of aryl methyl sites for hydroxylation is 1. The minimum Gasteiger partial charge on any atom is -0.350 e. The van der Waals surface area contributed by atoms with Crippen LogP contribution in [-0.2, 0) is 20.9 Å². The zero-order valence-corrected chi connectivity index (χ0v) is 13.2. The Morgan fingerprint density at radius 3 is 2.40 bits per heavy atom. The fraction of sp³-hybridized carbons (Fsp3) is 0.647. The van der Waals surface area contributed by atoms with Crippen molar-refractivity contribution in [3.8, 4) is 0 Å². The maximum absolute atomic E-state index is 5.75. The van der Waals surface area contributed by atoms with Gasteiger partial charge >= 0.3 is 0 Å². The highest BCUT2D eigenvalue weighted by molar-refractivity contribution is 5.14. The molecule has 3 heteroatoms. The second kappa shape index (κ2) is 9.11. The fourth-order valence-corrected chi connectivity index (χ4v) is 1.73. The van der Waals surface area contributed by atoms with Crippen molar-refractivity contribution in [2.75, 3.05) is 6.61 Å².